The van der Waals surface area contributed by atoms with Gasteiger partial charge in [-0.2, -0.15) is 0 Å². The number of aliphatic hydroxyl groups is 1. The third-order valence-electron chi connectivity index (χ3n) is 2.30. The molecule has 0 aromatic carbocycles. The van der Waals surface area contributed by atoms with Crippen molar-refractivity contribution in [3.8, 4) is 0 Å². The fraction of sp³-hybridized carbons (Fsp3) is 0.750. The Hall–Kier alpha value is -0.460. The van der Waals surface area contributed by atoms with Crippen molar-refractivity contribution in [1.29, 1.82) is 0 Å². The second-order valence-corrected chi connectivity index (χ2v) is 2.97. The maximum Gasteiger partial charge on any atom is 0.0913 e. The summed E-state index contributed by atoms with van der Waals surface area (Å²) in [7, 11) is 0. The maximum absolute atomic E-state index is 9.21. The zero-order valence-corrected chi connectivity index (χ0v) is 6.09. The van der Waals surface area contributed by atoms with Crippen LogP contribution in [-0.4, -0.2) is 5.11 Å². The molecule has 0 heterocycles. The first-order valence-corrected chi connectivity index (χ1v) is 3.61. The molecule has 52 valence electrons. The fourth-order valence-electron chi connectivity index (χ4n) is 1.22. The lowest BCUT2D eigenvalue weighted by Crippen LogP contribution is -2.14. The quantitative estimate of drug-likeness (QED) is 0.528. The molecule has 9 heavy (non-hydrogen) atoms. The van der Waals surface area contributed by atoms with Gasteiger partial charge in [0.25, 0.3) is 0 Å². The van der Waals surface area contributed by atoms with Gasteiger partial charge in [-0.3, -0.25) is 0 Å². The lowest BCUT2D eigenvalue weighted by Gasteiger charge is -2.22. The largest absolute Gasteiger partial charge is 0.512 e. The molecule has 0 bridgehead atoms. The normalized spacial score (nSPS) is 36.0. The molecular weight excluding hydrogens is 112 g/mol. The van der Waals surface area contributed by atoms with Gasteiger partial charge in [0.1, 0.15) is 0 Å². The van der Waals surface area contributed by atoms with Crippen molar-refractivity contribution in [2.45, 2.75) is 26.7 Å². The summed E-state index contributed by atoms with van der Waals surface area (Å²) < 4.78 is 0. The van der Waals surface area contributed by atoms with Gasteiger partial charge in [-0.15, -0.1) is 0 Å². The molecule has 1 rings (SSSR count). The van der Waals surface area contributed by atoms with Crippen LogP contribution in [0.5, 0.6) is 0 Å². The van der Waals surface area contributed by atoms with E-state index in [0.29, 0.717) is 17.6 Å². The molecule has 0 radical (unpaired) electrons. The molecular formula is C8H14O. The highest BCUT2D eigenvalue weighted by Crippen LogP contribution is 2.27. The van der Waals surface area contributed by atoms with Gasteiger partial charge in [0.05, 0.1) is 5.76 Å². The van der Waals surface area contributed by atoms with E-state index in [0.717, 1.165) is 6.42 Å². The summed E-state index contributed by atoms with van der Waals surface area (Å²) in [5, 5.41) is 9.21. The Kier molecular flexibility index (Phi) is 1.79. The molecule has 0 spiro atoms. The van der Waals surface area contributed by atoms with Crippen LogP contribution in [0.3, 0.4) is 0 Å². The third kappa shape index (κ3) is 1.26. The molecule has 1 aliphatic rings. The number of allylic oxidation sites excluding steroid dienone is 2. The van der Waals surface area contributed by atoms with Crippen LogP contribution < -0.4 is 0 Å². The summed E-state index contributed by atoms with van der Waals surface area (Å²) in [6, 6.07) is 0. The van der Waals surface area contributed by atoms with Gasteiger partial charge in [0.15, 0.2) is 0 Å². The van der Waals surface area contributed by atoms with E-state index in [2.05, 4.69) is 13.8 Å². The summed E-state index contributed by atoms with van der Waals surface area (Å²) in [6.07, 6.45) is 4.22. The van der Waals surface area contributed by atoms with E-state index in [1.54, 1.807) is 0 Å². The molecule has 0 aromatic heterocycles. The third-order valence-corrected chi connectivity index (χ3v) is 2.30. The van der Waals surface area contributed by atoms with E-state index in [-0.39, 0.29) is 0 Å². The minimum absolute atomic E-state index is 0.388. The molecule has 0 amide bonds. The van der Waals surface area contributed by atoms with Gasteiger partial charge in [-0.25, -0.2) is 0 Å². The van der Waals surface area contributed by atoms with Crippen LogP contribution in [0.25, 0.3) is 0 Å². The molecule has 0 aliphatic heterocycles. The minimum atomic E-state index is 0.388. The standard InChI is InChI=1S/C8H14O/c1-6-4-3-5-8(9)7(6)2/h5-7,9H,3-4H2,1-2H3. The molecule has 0 saturated heterocycles. The average molecular weight is 126 g/mol. The van der Waals surface area contributed by atoms with Crippen molar-refractivity contribution < 1.29 is 5.11 Å². The van der Waals surface area contributed by atoms with Crippen molar-refractivity contribution in [3.05, 3.63) is 11.8 Å². The topological polar surface area (TPSA) is 20.2 Å². The van der Waals surface area contributed by atoms with Crippen LogP contribution in [0.4, 0.5) is 0 Å². The molecule has 1 nitrogen and oxygen atoms in total. The number of hydrogen-bond donors (Lipinski definition) is 1. The smallest absolute Gasteiger partial charge is 0.0913 e. The lowest BCUT2D eigenvalue weighted by molar-refractivity contribution is 0.259. The Labute approximate surface area is 56.4 Å². The van der Waals surface area contributed by atoms with Gasteiger partial charge in [-0.1, -0.05) is 13.8 Å². The van der Waals surface area contributed by atoms with Crippen molar-refractivity contribution in [1.82, 2.24) is 0 Å². The van der Waals surface area contributed by atoms with Crippen LogP contribution in [-0.2, 0) is 0 Å². The highest BCUT2D eigenvalue weighted by atomic mass is 16.3. The highest BCUT2D eigenvalue weighted by molar-refractivity contribution is 5.01. The first-order valence-electron chi connectivity index (χ1n) is 3.61. The summed E-state index contributed by atoms with van der Waals surface area (Å²) in [6.45, 7) is 4.27. The van der Waals surface area contributed by atoms with Crippen LogP contribution in [0.2, 0.25) is 0 Å². The number of hydrogen-bond acceptors (Lipinski definition) is 1. The molecule has 1 heteroatoms. The summed E-state index contributed by atoms with van der Waals surface area (Å²) in [4.78, 5) is 0. The Morgan fingerprint density at radius 2 is 2.22 bits per heavy atom. The zero-order valence-electron chi connectivity index (χ0n) is 6.09. The van der Waals surface area contributed by atoms with E-state index in [9.17, 15) is 5.11 Å². The van der Waals surface area contributed by atoms with Crippen LogP contribution in [0, 0.1) is 11.8 Å². The van der Waals surface area contributed by atoms with Gasteiger partial charge in [0, 0.05) is 5.92 Å². The maximum atomic E-state index is 9.21. The van der Waals surface area contributed by atoms with Crippen LogP contribution in [0.15, 0.2) is 11.8 Å². The van der Waals surface area contributed by atoms with Crippen LogP contribution in [0.1, 0.15) is 26.7 Å². The second-order valence-electron chi connectivity index (χ2n) is 2.97. The zero-order chi connectivity index (χ0) is 6.85. The van der Waals surface area contributed by atoms with Crippen molar-refractivity contribution in [2.75, 3.05) is 0 Å². The minimum Gasteiger partial charge on any atom is -0.512 e. The second kappa shape index (κ2) is 2.42. The first kappa shape index (κ1) is 6.66. The Morgan fingerprint density at radius 1 is 1.56 bits per heavy atom. The first-order chi connectivity index (χ1) is 4.22. The molecule has 0 aromatic rings. The van der Waals surface area contributed by atoms with Gasteiger partial charge in [0.2, 0.25) is 0 Å². The summed E-state index contributed by atoms with van der Waals surface area (Å²) >= 11 is 0. The van der Waals surface area contributed by atoms with Gasteiger partial charge in [-0.05, 0) is 24.8 Å². The fourth-order valence-corrected chi connectivity index (χ4v) is 1.22. The predicted molar refractivity (Wildman–Crippen MR) is 38.3 cm³/mol. The lowest BCUT2D eigenvalue weighted by atomic mass is 9.85. The Balaban J connectivity index is 2.62. The van der Waals surface area contributed by atoms with Crippen LogP contribution >= 0.6 is 0 Å². The van der Waals surface area contributed by atoms with E-state index >= 15 is 0 Å². The molecule has 1 N–H and O–H groups in total. The molecule has 1 aliphatic carbocycles. The van der Waals surface area contributed by atoms with E-state index in [1.807, 2.05) is 6.08 Å². The Morgan fingerprint density at radius 3 is 2.67 bits per heavy atom. The monoisotopic (exact) mass is 126 g/mol. The molecule has 0 saturated carbocycles. The molecule has 2 atom stereocenters. The van der Waals surface area contributed by atoms with E-state index < -0.39 is 0 Å². The summed E-state index contributed by atoms with van der Waals surface area (Å²) in [5.74, 6) is 1.64. The van der Waals surface area contributed by atoms with E-state index in [4.69, 9.17) is 0 Å². The van der Waals surface area contributed by atoms with E-state index in [1.165, 1.54) is 6.42 Å². The van der Waals surface area contributed by atoms with Crippen molar-refractivity contribution in [3.63, 3.8) is 0 Å². The van der Waals surface area contributed by atoms with Crippen molar-refractivity contribution >= 4 is 0 Å². The highest BCUT2D eigenvalue weighted by Gasteiger charge is 2.18. The number of rotatable bonds is 0. The van der Waals surface area contributed by atoms with Crippen molar-refractivity contribution in [2.24, 2.45) is 11.8 Å². The Bertz CT molecular complexity index is 127. The average Bonchev–Trinajstić information content (AvgIpc) is 1.83. The number of aliphatic hydroxyl groups excluding tert-OH is 1. The molecule has 2 unspecified atom stereocenters. The molecule has 0 fully saturated rings. The summed E-state index contributed by atoms with van der Waals surface area (Å²) in [5.41, 5.74) is 0. The predicted octanol–water partition coefficient (Wildman–Crippen LogP) is 2.49. The van der Waals surface area contributed by atoms with Gasteiger partial charge < -0.3 is 5.11 Å². The van der Waals surface area contributed by atoms with Gasteiger partial charge >= 0.3 is 0 Å². The SMILES string of the molecule is CC1CCC=C(O)C1C.